The highest BCUT2D eigenvalue weighted by Crippen LogP contribution is 2.40. The van der Waals surface area contributed by atoms with Crippen LogP contribution < -0.4 is 0 Å². The predicted molar refractivity (Wildman–Crippen MR) is 421 cm³/mol. The van der Waals surface area contributed by atoms with E-state index >= 15 is 0 Å². The number of hydrogen-bond donors (Lipinski definition) is 12. The van der Waals surface area contributed by atoms with E-state index in [0.29, 0.717) is 108 Å². The molecule has 576 valence electrons. The first-order chi connectivity index (χ1) is 46.1. The van der Waals surface area contributed by atoms with E-state index < -0.39 is 22.4 Å². The van der Waals surface area contributed by atoms with Gasteiger partial charge in [0.1, 0.15) is 46.0 Å². The summed E-state index contributed by atoms with van der Waals surface area (Å²) in [6.45, 7) is 49.1. The number of hydrogen-bond acceptors (Lipinski definition) is 12. The summed E-state index contributed by atoms with van der Waals surface area (Å²) in [7, 11) is 0. The van der Waals surface area contributed by atoms with E-state index in [1.54, 1.807) is 45.0 Å². The van der Waals surface area contributed by atoms with Gasteiger partial charge in [-0.05, 0) is 313 Å². The third kappa shape index (κ3) is 36.5. The highest BCUT2D eigenvalue weighted by Gasteiger charge is 2.28. The van der Waals surface area contributed by atoms with Crippen LogP contribution >= 0.6 is 0 Å². The molecule has 0 aliphatic rings. The topological polar surface area (TPSA) is 243 Å². The van der Waals surface area contributed by atoms with Gasteiger partial charge < -0.3 is 61.3 Å². The van der Waals surface area contributed by atoms with Crippen molar-refractivity contribution in [1.29, 1.82) is 0 Å². The summed E-state index contributed by atoms with van der Waals surface area (Å²) in [6, 6.07) is 6.37. The largest absolute Gasteiger partial charge is 0.508 e. The van der Waals surface area contributed by atoms with E-state index in [-0.39, 0.29) is 46.0 Å². The first kappa shape index (κ1) is 93.1. The molecule has 12 heteroatoms. The Hall–Kier alpha value is -4.88. The van der Waals surface area contributed by atoms with E-state index in [1.165, 1.54) is 77.0 Å². The molecule has 0 spiro atoms. The van der Waals surface area contributed by atoms with Crippen molar-refractivity contribution in [1.82, 2.24) is 0 Å². The van der Waals surface area contributed by atoms with Crippen molar-refractivity contribution in [3.63, 3.8) is 0 Å². The summed E-state index contributed by atoms with van der Waals surface area (Å²) in [5, 5.41) is 124. The van der Waals surface area contributed by atoms with Crippen molar-refractivity contribution >= 4 is 0 Å². The summed E-state index contributed by atoms with van der Waals surface area (Å²) in [5.74, 6) is 7.38. The van der Waals surface area contributed by atoms with Gasteiger partial charge in [0, 0.05) is 11.1 Å². The maximum absolute atomic E-state index is 10.8. The molecule has 0 bridgehead atoms. The Morgan fingerprint density at radius 2 is 0.570 bits per heavy atom. The molecule has 0 radical (unpaired) electrons. The Labute approximate surface area is 611 Å². The molecule has 8 atom stereocenters. The second kappa shape index (κ2) is 44.7. The lowest BCUT2D eigenvalue weighted by Gasteiger charge is -2.26. The van der Waals surface area contributed by atoms with Crippen LogP contribution in [0.25, 0.3) is 0 Å². The van der Waals surface area contributed by atoms with Gasteiger partial charge in [0.2, 0.25) is 0 Å². The van der Waals surface area contributed by atoms with Gasteiger partial charge in [0.05, 0.1) is 22.4 Å². The summed E-state index contributed by atoms with van der Waals surface area (Å²) in [4.78, 5) is 0. The molecule has 0 fully saturated rings. The van der Waals surface area contributed by atoms with E-state index in [4.69, 9.17) is 0 Å². The lowest BCUT2D eigenvalue weighted by Crippen LogP contribution is -2.25. The number of phenolic OH excluding ortho intramolecular Hbond substituents is 8. The molecule has 4 aromatic carbocycles. The monoisotopic (exact) mass is 1400 g/mol. The van der Waals surface area contributed by atoms with Crippen LogP contribution in [0.4, 0.5) is 0 Å². The number of rotatable bonds is 40. The standard InChI is InChI=1S/C23H40O3.2C22H38O3.C21H36O3/c1-15(2)9-8-10-16(3)11-13-23(7,26)14-12-20-19(6)21(24)17(4)18(5)22(20)25;1-15(2)8-7-9-16(3)10-12-22(6,25)13-11-19-14-20(23)17(4)18(5)21(19)24;1-15(2)8-7-9-16(3)10-12-22(6,25)13-11-19-18(5)21(24)17(4)14-20(19)23;1-15(2)7-6-8-16(3)9-11-21(5,24)12-10-18-14-19(22)13-17(4)20(18)23/h15-16,24-26H,8-14H2,1-7H3;2*14-16,23-25H,7-13H2,1-6H3;13-16,22-24H,6-12H2,1-5H3/t16-,23?;2*16-,22?;16-,21?/m1111/s1. The molecule has 0 aliphatic carbocycles. The first-order valence-corrected chi connectivity index (χ1v) is 39.1. The molecule has 0 saturated heterocycles. The van der Waals surface area contributed by atoms with Crippen molar-refractivity contribution in [2.45, 2.75) is 368 Å². The Kier molecular flexibility index (Phi) is 41.6. The number of phenols is 8. The van der Waals surface area contributed by atoms with Crippen LogP contribution in [0.1, 0.15) is 332 Å². The fourth-order valence-electron chi connectivity index (χ4n) is 13.4. The van der Waals surface area contributed by atoms with E-state index in [9.17, 15) is 61.3 Å². The highest BCUT2D eigenvalue weighted by atomic mass is 16.3. The van der Waals surface area contributed by atoms with Crippen LogP contribution in [0.2, 0.25) is 0 Å². The Morgan fingerprint density at radius 3 is 0.930 bits per heavy atom. The van der Waals surface area contributed by atoms with Gasteiger partial charge >= 0.3 is 0 Å². The van der Waals surface area contributed by atoms with Crippen molar-refractivity contribution in [3.05, 3.63) is 91.0 Å². The Balaban J connectivity index is 0.000000667. The van der Waals surface area contributed by atoms with Crippen LogP contribution in [-0.2, 0) is 25.7 Å². The fourth-order valence-corrected chi connectivity index (χ4v) is 13.4. The minimum Gasteiger partial charge on any atom is -0.508 e. The van der Waals surface area contributed by atoms with Gasteiger partial charge in [-0.2, -0.15) is 0 Å². The van der Waals surface area contributed by atoms with Gasteiger partial charge in [-0.15, -0.1) is 0 Å². The molecule has 12 N–H and O–H groups in total. The zero-order chi connectivity index (χ0) is 76.8. The van der Waals surface area contributed by atoms with E-state index in [1.807, 2.05) is 62.3 Å². The van der Waals surface area contributed by atoms with Crippen LogP contribution in [0.15, 0.2) is 24.3 Å². The Morgan fingerprint density at radius 1 is 0.270 bits per heavy atom. The van der Waals surface area contributed by atoms with Gasteiger partial charge in [0.25, 0.3) is 0 Å². The normalized spacial score (nSPS) is 15.4. The number of benzene rings is 4. The van der Waals surface area contributed by atoms with Crippen molar-refractivity contribution < 1.29 is 61.3 Å². The second-order valence-electron chi connectivity index (χ2n) is 34.5. The maximum atomic E-state index is 10.8. The summed E-state index contributed by atoms with van der Waals surface area (Å²) < 4.78 is 0. The summed E-state index contributed by atoms with van der Waals surface area (Å²) >= 11 is 0. The quantitative estimate of drug-likeness (QED) is 0.0186. The number of aromatic hydroxyl groups is 8. The molecule has 12 nitrogen and oxygen atoms in total. The average molecular weight is 1400 g/mol. The zero-order valence-corrected chi connectivity index (χ0v) is 68.1. The third-order valence-corrected chi connectivity index (χ3v) is 21.8. The first-order valence-electron chi connectivity index (χ1n) is 39.1. The van der Waals surface area contributed by atoms with E-state index in [0.717, 1.165) is 108 Å². The maximum Gasteiger partial charge on any atom is 0.122 e. The molecule has 100 heavy (non-hydrogen) atoms. The van der Waals surface area contributed by atoms with Crippen LogP contribution in [-0.4, -0.2) is 83.7 Å². The molecule has 0 aliphatic heterocycles. The van der Waals surface area contributed by atoms with Crippen LogP contribution in [0.3, 0.4) is 0 Å². The minimum atomic E-state index is -0.750. The van der Waals surface area contributed by atoms with Crippen molar-refractivity contribution in [2.24, 2.45) is 47.3 Å². The molecule has 0 aromatic heterocycles. The predicted octanol–water partition coefficient (Wildman–Crippen LogP) is 22.6. The van der Waals surface area contributed by atoms with Gasteiger partial charge in [-0.1, -0.05) is 160 Å². The lowest BCUT2D eigenvalue weighted by molar-refractivity contribution is 0.0352. The smallest absolute Gasteiger partial charge is 0.122 e. The summed E-state index contributed by atoms with van der Waals surface area (Å²) in [5.41, 5.74) is 5.62. The number of aliphatic hydroxyl groups is 4. The molecular formula is C88H152O12. The van der Waals surface area contributed by atoms with Crippen molar-refractivity contribution in [3.8, 4) is 46.0 Å². The molecule has 0 heterocycles. The molecule has 4 rings (SSSR count). The highest BCUT2D eigenvalue weighted by molar-refractivity contribution is 5.57. The van der Waals surface area contributed by atoms with E-state index in [2.05, 4.69) is 83.1 Å². The average Bonchev–Trinajstić information content (AvgIpc) is 0.730. The molecular weight excluding hydrogens is 1250 g/mol. The molecule has 4 unspecified atom stereocenters. The van der Waals surface area contributed by atoms with Gasteiger partial charge in [-0.25, -0.2) is 0 Å². The number of aryl methyl sites for hydroxylation is 4. The Bertz CT molecular complexity index is 2950. The van der Waals surface area contributed by atoms with Gasteiger partial charge in [0.15, 0.2) is 0 Å². The summed E-state index contributed by atoms with van der Waals surface area (Å²) in [6.07, 6.45) is 26.8. The molecule has 4 aromatic rings. The lowest BCUT2D eigenvalue weighted by atomic mass is 9.86. The zero-order valence-electron chi connectivity index (χ0n) is 68.1. The minimum absolute atomic E-state index is 0.165. The van der Waals surface area contributed by atoms with Crippen LogP contribution in [0, 0.1) is 103 Å². The fraction of sp³-hybridized carbons (Fsp3) is 0.727. The van der Waals surface area contributed by atoms with Crippen LogP contribution in [0.5, 0.6) is 46.0 Å². The van der Waals surface area contributed by atoms with Gasteiger partial charge in [-0.3, -0.25) is 0 Å². The van der Waals surface area contributed by atoms with Crippen molar-refractivity contribution in [2.75, 3.05) is 0 Å². The molecule has 0 saturated carbocycles. The second-order valence-corrected chi connectivity index (χ2v) is 34.5. The third-order valence-electron chi connectivity index (χ3n) is 21.8. The SMILES string of the molecule is Cc1c(C)c(O)c(CCC(C)(O)CC[C@H](C)CCCC(C)C)c(C)c1O.Cc1c(O)cc(CCC(C)(O)CC[C@H](C)CCCC(C)C)c(O)c1C.Cc1cc(O)c(CCC(C)(O)CC[C@H](C)CCCC(C)C)c(C)c1O.Cc1cc(O)cc(CCC(C)(O)CC[C@H](C)CCCC(C)C)c1O. The molecule has 0 amide bonds.